The predicted octanol–water partition coefficient (Wildman–Crippen LogP) is 3.73. The second-order valence-corrected chi connectivity index (χ2v) is 5.97. The molecule has 0 aliphatic rings. The molecule has 2 aromatic rings. The van der Waals surface area contributed by atoms with E-state index in [0.717, 1.165) is 16.6 Å². The molecule has 0 aliphatic carbocycles. The van der Waals surface area contributed by atoms with Crippen molar-refractivity contribution in [3.63, 3.8) is 0 Å². The van der Waals surface area contributed by atoms with E-state index in [0.29, 0.717) is 5.82 Å². The molecule has 0 radical (unpaired) electrons. The molecule has 18 heavy (non-hydrogen) atoms. The zero-order valence-electron chi connectivity index (χ0n) is 10.5. The molecule has 2 aromatic heterocycles. The highest BCUT2D eigenvalue weighted by molar-refractivity contribution is 7.18. The highest BCUT2D eigenvalue weighted by atomic mass is 35.5. The third-order valence-corrected chi connectivity index (χ3v) is 3.90. The molecule has 0 amide bonds. The Morgan fingerprint density at radius 1 is 1.50 bits per heavy atom. The Kier molecular flexibility index (Phi) is 3.47. The van der Waals surface area contributed by atoms with Crippen LogP contribution in [0.5, 0.6) is 0 Å². The van der Waals surface area contributed by atoms with E-state index in [1.54, 1.807) is 11.3 Å². The number of fused-ring (bicyclic) bond motifs is 1. The molecular formula is C13H14ClN3S. The Morgan fingerprint density at radius 2 is 2.22 bits per heavy atom. The van der Waals surface area contributed by atoms with Gasteiger partial charge in [-0.25, -0.2) is 9.97 Å². The Hall–Kier alpha value is -1.31. The van der Waals surface area contributed by atoms with Gasteiger partial charge < -0.3 is 5.32 Å². The lowest BCUT2D eigenvalue weighted by molar-refractivity contribution is 0.737. The number of aromatic nitrogens is 2. The van der Waals surface area contributed by atoms with Crippen molar-refractivity contribution in [2.45, 2.75) is 32.7 Å². The number of thiophene rings is 1. The lowest BCUT2D eigenvalue weighted by Crippen LogP contribution is -2.29. The van der Waals surface area contributed by atoms with E-state index in [9.17, 15) is 0 Å². The van der Waals surface area contributed by atoms with Gasteiger partial charge >= 0.3 is 0 Å². The van der Waals surface area contributed by atoms with E-state index >= 15 is 0 Å². The lowest BCUT2D eigenvalue weighted by Gasteiger charge is -2.20. The molecule has 5 heteroatoms. The third-order valence-electron chi connectivity index (χ3n) is 2.56. The van der Waals surface area contributed by atoms with E-state index in [1.165, 1.54) is 4.88 Å². The third kappa shape index (κ3) is 2.58. The molecule has 2 heterocycles. The number of hydrogen-bond donors (Lipinski definition) is 1. The van der Waals surface area contributed by atoms with Crippen molar-refractivity contribution in [2.75, 3.05) is 5.32 Å². The largest absolute Gasteiger partial charge is 0.354 e. The quantitative estimate of drug-likeness (QED) is 0.687. The Labute approximate surface area is 116 Å². The molecule has 0 atom stereocenters. The summed E-state index contributed by atoms with van der Waals surface area (Å²) in [6.45, 7) is 5.95. The molecule has 0 unspecified atom stereocenters. The molecule has 3 nitrogen and oxygen atoms in total. The van der Waals surface area contributed by atoms with Crippen molar-refractivity contribution in [1.29, 1.82) is 0 Å². The summed E-state index contributed by atoms with van der Waals surface area (Å²) in [5.41, 5.74) is -0.473. The second kappa shape index (κ2) is 4.75. The minimum absolute atomic E-state index is 0.238. The van der Waals surface area contributed by atoms with Crippen LogP contribution in [0.1, 0.15) is 25.6 Å². The summed E-state index contributed by atoms with van der Waals surface area (Å²) in [5, 5.41) is 4.44. The van der Waals surface area contributed by atoms with Gasteiger partial charge in [0.15, 0.2) is 0 Å². The summed E-state index contributed by atoms with van der Waals surface area (Å²) >= 11 is 7.57. The van der Waals surface area contributed by atoms with Gasteiger partial charge in [0.05, 0.1) is 10.9 Å². The van der Waals surface area contributed by atoms with Crippen LogP contribution in [0.15, 0.2) is 6.07 Å². The molecule has 0 aliphatic heterocycles. The number of anilines is 1. The van der Waals surface area contributed by atoms with Gasteiger partial charge in [-0.1, -0.05) is 12.8 Å². The van der Waals surface area contributed by atoms with Gasteiger partial charge in [0, 0.05) is 4.88 Å². The summed E-state index contributed by atoms with van der Waals surface area (Å²) in [6.07, 6.45) is 6.45. The highest BCUT2D eigenvalue weighted by Crippen LogP contribution is 2.31. The van der Waals surface area contributed by atoms with Crippen LogP contribution in [0.3, 0.4) is 0 Å². The normalized spacial score (nSPS) is 11.5. The van der Waals surface area contributed by atoms with Gasteiger partial charge in [0.2, 0.25) is 5.28 Å². The molecule has 0 saturated heterocycles. The first kappa shape index (κ1) is 13.1. The smallest absolute Gasteiger partial charge is 0.225 e. The Balaban J connectivity index is 2.55. The summed E-state index contributed by atoms with van der Waals surface area (Å²) in [6, 6.07) is 2.09. The van der Waals surface area contributed by atoms with Crippen LogP contribution in [-0.4, -0.2) is 15.5 Å². The molecule has 0 bridgehead atoms. The van der Waals surface area contributed by atoms with Crippen molar-refractivity contribution in [2.24, 2.45) is 0 Å². The molecule has 0 aromatic carbocycles. The number of halogens is 1. The topological polar surface area (TPSA) is 37.8 Å². The molecule has 2 rings (SSSR count). The maximum absolute atomic E-state index is 5.94. The van der Waals surface area contributed by atoms with E-state index < -0.39 is 5.54 Å². The average molecular weight is 280 g/mol. The first-order chi connectivity index (χ1) is 8.45. The standard InChI is InChI=1S/C13H14ClN3S/c1-5-8-7-9-10(17-13(3,4)6-2)15-12(14)16-11(9)18-8/h2,7H,5H2,1,3-4H3,(H,15,16,17). The van der Waals surface area contributed by atoms with Gasteiger partial charge in [-0.3, -0.25) is 0 Å². The molecular weight excluding hydrogens is 266 g/mol. The van der Waals surface area contributed by atoms with Gasteiger partial charge in [-0.15, -0.1) is 17.8 Å². The van der Waals surface area contributed by atoms with E-state index in [-0.39, 0.29) is 5.28 Å². The van der Waals surface area contributed by atoms with Gasteiger partial charge in [0.25, 0.3) is 0 Å². The molecule has 0 saturated carbocycles. The predicted molar refractivity (Wildman–Crippen MR) is 78.3 cm³/mol. The SMILES string of the molecule is C#CC(C)(C)Nc1nc(Cl)nc2sc(CC)cc12. The van der Waals surface area contributed by atoms with Crippen molar-refractivity contribution in [1.82, 2.24) is 9.97 Å². The average Bonchev–Trinajstić information content (AvgIpc) is 2.71. The summed E-state index contributed by atoms with van der Waals surface area (Å²) in [4.78, 5) is 10.6. The fraction of sp³-hybridized carbons (Fsp3) is 0.385. The first-order valence-corrected chi connectivity index (χ1v) is 6.86. The number of nitrogens with zero attached hydrogens (tertiary/aromatic N) is 2. The summed E-state index contributed by atoms with van der Waals surface area (Å²) in [5.74, 6) is 3.38. The number of rotatable bonds is 3. The highest BCUT2D eigenvalue weighted by Gasteiger charge is 2.18. The van der Waals surface area contributed by atoms with Crippen LogP contribution in [0.25, 0.3) is 10.2 Å². The van der Waals surface area contributed by atoms with Crippen molar-refractivity contribution >= 4 is 39.0 Å². The summed E-state index contributed by atoms with van der Waals surface area (Å²) in [7, 11) is 0. The van der Waals surface area contributed by atoms with Crippen molar-refractivity contribution < 1.29 is 0 Å². The second-order valence-electron chi connectivity index (χ2n) is 4.52. The van der Waals surface area contributed by atoms with Crippen LogP contribution >= 0.6 is 22.9 Å². The van der Waals surface area contributed by atoms with Crippen molar-refractivity contribution in [3.8, 4) is 12.3 Å². The Morgan fingerprint density at radius 3 is 2.83 bits per heavy atom. The van der Waals surface area contributed by atoms with Crippen LogP contribution in [-0.2, 0) is 6.42 Å². The maximum atomic E-state index is 5.94. The fourth-order valence-electron chi connectivity index (χ4n) is 1.55. The van der Waals surface area contributed by atoms with Gasteiger partial charge in [0.1, 0.15) is 10.6 Å². The molecule has 0 fully saturated rings. The molecule has 94 valence electrons. The fourth-order valence-corrected chi connectivity index (χ4v) is 2.73. The first-order valence-electron chi connectivity index (χ1n) is 5.67. The monoisotopic (exact) mass is 279 g/mol. The minimum atomic E-state index is -0.473. The van der Waals surface area contributed by atoms with Crippen molar-refractivity contribution in [3.05, 3.63) is 16.2 Å². The summed E-state index contributed by atoms with van der Waals surface area (Å²) < 4.78 is 0. The van der Waals surface area contributed by atoms with Gasteiger partial charge in [-0.05, 0) is 37.9 Å². The van der Waals surface area contributed by atoms with E-state index in [1.807, 2.05) is 13.8 Å². The lowest BCUT2D eigenvalue weighted by atomic mass is 10.1. The Bertz CT molecular complexity index is 625. The van der Waals surface area contributed by atoms with Crippen LogP contribution in [0.2, 0.25) is 5.28 Å². The maximum Gasteiger partial charge on any atom is 0.225 e. The van der Waals surface area contributed by atoms with Gasteiger partial charge in [-0.2, -0.15) is 0 Å². The van der Waals surface area contributed by atoms with E-state index in [4.69, 9.17) is 18.0 Å². The number of aryl methyl sites for hydroxylation is 1. The van der Waals surface area contributed by atoms with E-state index in [2.05, 4.69) is 34.2 Å². The number of nitrogens with one attached hydrogen (secondary N) is 1. The van der Waals surface area contributed by atoms with Crippen LogP contribution in [0, 0.1) is 12.3 Å². The number of hydrogen-bond acceptors (Lipinski definition) is 4. The minimum Gasteiger partial charge on any atom is -0.354 e. The molecule has 1 N–H and O–H groups in total. The van der Waals surface area contributed by atoms with Crippen LogP contribution in [0.4, 0.5) is 5.82 Å². The zero-order chi connectivity index (χ0) is 13.3. The molecule has 0 spiro atoms. The van der Waals surface area contributed by atoms with Crippen LogP contribution < -0.4 is 5.32 Å². The zero-order valence-corrected chi connectivity index (χ0v) is 12.1. The number of terminal acetylenes is 1.